The van der Waals surface area contributed by atoms with Gasteiger partial charge in [-0.25, -0.2) is 9.97 Å². The second-order valence-electron chi connectivity index (χ2n) is 7.21. The minimum Gasteiger partial charge on any atom is -0.352 e. The molecular formula is C21H21N5OS2. The molecule has 148 valence electrons. The van der Waals surface area contributed by atoms with Crippen LogP contribution in [0.4, 0.5) is 5.82 Å². The van der Waals surface area contributed by atoms with Gasteiger partial charge in [-0.15, -0.1) is 22.7 Å². The monoisotopic (exact) mass is 423 g/mol. The van der Waals surface area contributed by atoms with Gasteiger partial charge in [-0.05, 0) is 48.9 Å². The highest BCUT2D eigenvalue weighted by atomic mass is 32.1. The van der Waals surface area contributed by atoms with Gasteiger partial charge in [-0.3, -0.25) is 4.79 Å². The maximum atomic E-state index is 13.3. The Morgan fingerprint density at radius 3 is 2.41 bits per heavy atom. The summed E-state index contributed by atoms with van der Waals surface area (Å²) < 4.78 is 2.17. The summed E-state index contributed by atoms with van der Waals surface area (Å²) in [6, 6.07) is 8.21. The van der Waals surface area contributed by atoms with Crippen molar-refractivity contribution >= 4 is 44.6 Å². The minimum atomic E-state index is 0.108. The molecule has 1 aliphatic rings. The second kappa shape index (κ2) is 7.27. The maximum absolute atomic E-state index is 13.3. The van der Waals surface area contributed by atoms with E-state index >= 15 is 0 Å². The zero-order valence-corrected chi connectivity index (χ0v) is 18.0. The lowest BCUT2D eigenvalue weighted by atomic mass is 10.2. The topological polar surface area (TPSA) is 54.3 Å². The van der Waals surface area contributed by atoms with E-state index in [9.17, 15) is 4.79 Å². The minimum absolute atomic E-state index is 0.108. The smallest absolute Gasteiger partial charge is 0.256 e. The van der Waals surface area contributed by atoms with E-state index in [1.807, 2.05) is 21.7 Å². The highest BCUT2D eigenvalue weighted by Gasteiger charge is 2.26. The number of aryl methyl sites for hydroxylation is 2. The number of amides is 1. The van der Waals surface area contributed by atoms with Crippen LogP contribution in [0, 0.1) is 13.8 Å². The predicted molar refractivity (Wildman–Crippen MR) is 119 cm³/mol. The Balaban J connectivity index is 1.35. The van der Waals surface area contributed by atoms with E-state index in [1.54, 1.807) is 29.0 Å². The van der Waals surface area contributed by atoms with Gasteiger partial charge in [-0.1, -0.05) is 0 Å². The lowest BCUT2D eigenvalue weighted by Crippen LogP contribution is -2.49. The van der Waals surface area contributed by atoms with Crippen LogP contribution in [0.2, 0.25) is 0 Å². The van der Waals surface area contributed by atoms with Crippen LogP contribution in [-0.4, -0.2) is 51.5 Å². The van der Waals surface area contributed by atoms with Crippen LogP contribution in [0.1, 0.15) is 21.7 Å². The number of piperazine rings is 1. The van der Waals surface area contributed by atoms with Crippen molar-refractivity contribution in [2.75, 3.05) is 31.1 Å². The Morgan fingerprint density at radius 2 is 1.66 bits per heavy atom. The maximum Gasteiger partial charge on any atom is 0.256 e. The van der Waals surface area contributed by atoms with Crippen LogP contribution in [-0.2, 0) is 0 Å². The number of aromatic nitrogens is 3. The van der Waals surface area contributed by atoms with Crippen molar-refractivity contribution < 1.29 is 4.79 Å². The average Bonchev–Trinajstić information content (AvgIpc) is 3.47. The molecule has 8 heteroatoms. The third kappa shape index (κ3) is 3.12. The lowest BCUT2D eigenvalue weighted by Gasteiger charge is -2.35. The Bertz CT molecular complexity index is 1160. The fourth-order valence-corrected chi connectivity index (χ4v) is 5.68. The van der Waals surface area contributed by atoms with Crippen molar-refractivity contribution in [1.82, 2.24) is 19.4 Å². The molecule has 1 fully saturated rings. The van der Waals surface area contributed by atoms with Crippen LogP contribution >= 0.6 is 22.7 Å². The van der Waals surface area contributed by atoms with Crippen molar-refractivity contribution in [3.63, 3.8) is 0 Å². The van der Waals surface area contributed by atoms with Gasteiger partial charge in [0.2, 0.25) is 0 Å². The van der Waals surface area contributed by atoms with Crippen LogP contribution < -0.4 is 4.90 Å². The summed E-state index contributed by atoms with van der Waals surface area (Å²) in [7, 11) is 0. The van der Waals surface area contributed by atoms with E-state index in [0.717, 1.165) is 51.1 Å². The largest absolute Gasteiger partial charge is 0.352 e. The molecular weight excluding hydrogens is 402 g/mol. The molecule has 1 aliphatic heterocycles. The van der Waals surface area contributed by atoms with Crippen LogP contribution in [0.3, 0.4) is 0 Å². The number of nitrogens with zero attached hydrogens (tertiary/aromatic N) is 5. The second-order valence-corrected chi connectivity index (χ2v) is 9.00. The van der Waals surface area contributed by atoms with Gasteiger partial charge in [-0.2, -0.15) is 0 Å². The number of fused-ring (bicyclic) bond motifs is 1. The average molecular weight is 424 g/mol. The molecule has 1 amide bonds. The molecule has 6 nitrogen and oxygen atoms in total. The van der Waals surface area contributed by atoms with E-state index in [2.05, 4.69) is 51.5 Å². The third-order valence-corrected chi connectivity index (χ3v) is 7.18. The molecule has 1 saturated heterocycles. The Labute approximate surface area is 177 Å². The van der Waals surface area contributed by atoms with Crippen LogP contribution in [0.25, 0.3) is 15.2 Å². The van der Waals surface area contributed by atoms with E-state index in [1.165, 1.54) is 0 Å². The van der Waals surface area contributed by atoms with E-state index in [0.29, 0.717) is 13.1 Å². The summed E-state index contributed by atoms with van der Waals surface area (Å²) in [6.07, 6.45) is 1.63. The molecule has 0 atom stereocenters. The molecule has 4 aromatic rings. The van der Waals surface area contributed by atoms with Crippen molar-refractivity contribution in [3.8, 4) is 5.00 Å². The number of hydrogen-bond acceptors (Lipinski definition) is 6. The van der Waals surface area contributed by atoms with Gasteiger partial charge in [0, 0.05) is 37.6 Å². The first-order chi connectivity index (χ1) is 14.1. The van der Waals surface area contributed by atoms with Gasteiger partial charge in [0.25, 0.3) is 5.91 Å². The Kier molecular flexibility index (Phi) is 4.60. The summed E-state index contributed by atoms with van der Waals surface area (Å²) in [4.78, 5) is 27.4. The van der Waals surface area contributed by atoms with E-state index < -0.39 is 0 Å². The molecule has 0 saturated carbocycles. The first-order valence-electron chi connectivity index (χ1n) is 9.59. The number of thiophene rings is 2. The SMILES string of the molecule is Cc1ccc(C)n1-c1sccc1C(=O)N1CCN(c2ncnc3sccc23)CC1. The van der Waals surface area contributed by atoms with E-state index in [-0.39, 0.29) is 5.91 Å². The number of rotatable bonds is 3. The van der Waals surface area contributed by atoms with Crippen molar-refractivity contribution in [1.29, 1.82) is 0 Å². The van der Waals surface area contributed by atoms with Gasteiger partial charge in [0.15, 0.2) is 0 Å². The molecule has 29 heavy (non-hydrogen) atoms. The molecule has 0 radical (unpaired) electrons. The molecule has 0 N–H and O–H groups in total. The summed E-state index contributed by atoms with van der Waals surface area (Å²) in [5.74, 6) is 1.08. The van der Waals surface area contributed by atoms with Crippen molar-refractivity contribution in [3.05, 3.63) is 58.3 Å². The number of carbonyl (C=O) groups is 1. The molecule has 0 bridgehead atoms. The number of carbonyl (C=O) groups excluding carboxylic acids is 1. The normalized spacial score (nSPS) is 14.7. The van der Waals surface area contributed by atoms with Crippen molar-refractivity contribution in [2.45, 2.75) is 13.8 Å². The number of hydrogen-bond donors (Lipinski definition) is 0. The third-order valence-electron chi connectivity index (χ3n) is 5.46. The highest BCUT2D eigenvalue weighted by Crippen LogP contribution is 2.29. The fourth-order valence-electron chi connectivity index (χ4n) is 3.95. The predicted octanol–water partition coefficient (Wildman–Crippen LogP) is 4.12. The fraction of sp³-hybridized carbons (Fsp3) is 0.286. The summed E-state index contributed by atoms with van der Waals surface area (Å²) >= 11 is 3.25. The van der Waals surface area contributed by atoms with E-state index in [4.69, 9.17) is 0 Å². The standard InChI is InChI=1S/C21H21N5OS2/c1-14-3-4-15(2)26(14)21-17(6-12-29-21)20(27)25-9-7-24(8-10-25)18-16-5-11-28-19(16)23-13-22-18/h3-6,11-13H,7-10H2,1-2H3. The molecule has 0 aliphatic carbocycles. The zero-order valence-electron chi connectivity index (χ0n) is 16.3. The van der Waals surface area contributed by atoms with Gasteiger partial charge >= 0.3 is 0 Å². The van der Waals surface area contributed by atoms with Gasteiger partial charge < -0.3 is 14.4 Å². The summed E-state index contributed by atoms with van der Waals surface area (Å²) in [5, 5.41) is 6.15. The molecule has 4 aromatic heterocycles. The highest BCUT2D eigenvalue weighted by molar-refractivity contribution is 7.16. The Morgan fingerprint density at radius 1 is 0.931 bits per heavy atom. The van der Waals surface area contributed by atoms with Crippen LogP contribution in [0.15, 0.2) is 41.4 Å². The zero-order chi connectivity index (χ0) is 20.0. The Hall–Kier alpha value is -2.71. The van der Waals surface area contributed by atoms with Gasteiger partial charge in [0.05, 0.1) is 10.9 Å². The first kappa shape index (κ1) is 18.3. The summed E-state index contributed by atoms with van der Waals surface area (Å²) in [6.45, 7) is 7.07. The van der Waals surface area contributed by atoms with Crippen LogP contribution in [0.5, 0.6) is 0 Å². The molecule has 5 heterocycles. The molecule has 0 unspecified atom stereocenters. The quantitative estimate of drug-likeness (QED) is 0.497. The first-order valence-corrected chi connectivity index (χ1v) is 11.3. The van der Waals surface area contributed by atoms with Gasteiger partial charge in [0.1, 0.15) is 22.0 Å². The number of anilines is 1. The molecule has 0 spiro atoms. The molecule has 0 aromatic carbocycles. The summed E-state index contributed by atoms with van der Waals surface area (Å²) in [5.41, 5.74) is 3.08. The van der Waals surface area contributed by atoms with Crippen molar-refractivity contribution in [2.24, 2.45) is 0 Å². The molecule has 5 rings (SSSR count). The lowest BCUT2D eigenvalue weighted by molar-refractivity contribution is 0.0747.